The molecule has 1 unspecified atom stereocenters. The number of benzene rings is 1. The molecule has 1 aromatic rings. The first-order valence-corrected chi connectivity index (χ1v) is 9.74. The van der Waals surface area contributed by atoms with Crippen LogP contribution in [0.5, 0.6) is 0 Å². The van der Waals surface area contributed by atoms with Gasteiger partial charge in [0.05, 0.1) is 11.7 Å². The third-order valence-electron chi connectivity index (χ3n) is 5.13. The molecule has 0 spiro atoms. The molecule has 3 nitrogen and oxygen atoms in total. The van der Waals surface area contributed by atoms with Gasteiger partial charge in [0.1, 0.15) is 0 Å². The Bertz CT molecular complexity index is 514. The topological polar surface area (TPSA) is 43.7 Å². The van der Waals surface area contributed by atoms with Gasteiger partial charge in [-0.1, -0.05) is 48.9 Å². The molecule has 2 N–H and O–H groups in total. The number of aliphatic hydroxyl groups is 2. The standard InChI is InChI=1S/C22H35NO2/c1-23(2)18-22(25)16-8-12-20(17-22)14-15-21(24)13-7-6-11-19-9-4-3-5-10-19/h3-5,9-10,14-15,20-21,24-25H,6-8,11-13,16-18H2,1-2H3/b15-14+/t20-,21?,22+/m1/s1. The van der Waals surface area contributed by atoms with Gasteiger partial charge >= 0.3 is 0 Å². The van der Waals surface area contributed by atoms with E-state index < -0.39 is 5.60 Å². The van der Waals surface area contributed by atoms with Gasteiger partial charge < -0.3 is 15.1 Å². The van der Waals surface area contributed by atoms with E-state index in [0.717, 1.165) is 57.9 Å². The van der Waals surface area contributed by atoms with Crippen molar-refractivity contribution in [3.8, 4) is 0 Å². The normalized spacial score (nSPS) is 25.6. The maximum atomic E-state index is 10.7. The summed E-state index contributed by atoms with van der Waals surface area (Å²) in [6.07, 6.45) is 11.7. The summed E-state index contributed by atoms with van der Waals surface area (Å²) >= 11 is 0. The number of hydrogen-bond donors (Lipinski definition) is 2. The summed E-state index contributed by atoms with van der Waals surface area (Å²) in [5.41, 5.74) is 0.798. The Morgan fingerprint density at radius 3 is 2.72 bits per heavy atom. The van der Waals surface area contributed by atoms with Crippen LogP contribution in [0.3, 0.4) is 0 Å². The SMILES string of the molecule is CN(C)C[C@]1(O)CCC[C@H](/C=C/C(O)CCCCc2ccccc2)C1. The molecule has 1 fully saturated rings. The van der Waals surface area contributed by atoms with Crippen molar-refractivity contribution in [3.63, 3.8) is 0 Å². The number of aryl methyl sites for hydroxylation is 1. The lowest BCUT2D eigenvalue weighted by Crippen LogP contribution is -2.43. The van der Waals surface area contributed by atoms with Crippen LogP contribution in [0.2, 0.25) is 0 Å². The lowest BCUT2D eigenvalue weighted by atomic mass is 9.77. The fourth-order valence-corrected chi connectivity index (χ4v) is 3.99. The second-order valence-electron chi connectivity index (χ2n) is 8.00. The van der Waals surface area contributed by atoms with E-state index in [1.807, 2.05) is 26.2 Å². The van der Waals surface area contributed by atoms with Gasteiger partial charge in [-0.05, 0) is 70.5 Å². The minimum Gasteiger partial charge on any atom is -0.389 e. The minimum atomic E-state index is -0.572. The first-order chi connectivity index (χ1) is 12.0. The van der Waals surface area contributed by atoms with E-state index in [4.69, 9.17) is 0 Å². The zero-order valence-corrected chi connectivity index (χ0v) is 15.9. The largest absolute Gasteiger partial charge is 0.389 e. The van der Waals surface area contributed by atoms with Gasteiger partial charge in [0, 0.05) is 6.54 Å². The monoisotopic (exact) mass is 345 g/mol. The molecule has 1 aromatic carbocycles. The summed E-state index contributed by atoms with van der Waals surface area (Å²) in [5.74, 6) is 0.387. The van der Waals surface area contributed by atoms with Crippen molar-refractivity contribution >= 4 is 0 Å². The summed E-state index contributed by atoms with van der Waals surface area (Å²) in [6.45, 7) is 0.722. The van der Waals surface area contributed by atoms with Crippen LogP contribution in [-0.4, -0.2) is 47.5 Å². The van der Waals surface area contributed by atoms with Gasteiger partial charge in [0.2, 0.25) is 0 Å². The van der Waals surface area contributed by atoms with Gasteiger partial charge in [-0.2, -0.15) is 0 Å². The highest BCUT2D eigenvalue weighted by Gasteiger charge is 2.33. The van der Waals surface area contributed by atoms with E-state index in [1.165, 1.54) is 5.56 Å². The van der Waals surface area contributed by atoms with Crippen molar-refractivity contribution < 1.29 is 10.2 Å². The van der Waals surface area contributed by atoms with E-state index in [2.05, 4.69) is 35.2 Å². The molecular weight excluding hydrogens is 310 g/mol. The molecule has 0 radical (unpaired) electrons. The zero-order valence-electron chi connectivity index (χ0n) is 15.9. The van der Waals surface area contributed by atoms with Crippen LogP contribution < -0.4 is 0 Å². The van der Waals surface area contributed by atoms with Gasteiger partial charge in [-0.15, -0.1) is 0 Å². The van der Waals surface area contributed by atoms with Crippen LogP contribution in [0, 0.1) is 5.92 Å². The molecule has 0 saturated heterocycles. The number of unbranched alkanes of at least 4 members (excludes halogenated alkanes) is 1. The predicted molar refractivity (Wildman–Crippen MR) is 105 cm³/mol. The maximum absolute atomic E-state index is 10.7. The molecular formula is C22H35NO2. The third-order valence-corrected chi connectivity index (χ3v) is 5.13. The Hall–Kier alpha value is -1.16. The van der Waals surface area contributed by atoms with Gasteiger partial charge in [-0.3, -0.25) is 0 Å². The number of hydrogen-bond acceptors (Lipinski definition) is 3. The molecule has 0 aromatic heterocycles. The molecule has 1 aliphatic carbocycles. The highest BCUT2D eigenvalue weighted by molar-refractivity contribution is 5.14. The van der Waals surface area contributed by atoms with Crippen molar-refractivity contribution in [1.29, 1.82) is 0 Å². The van der Waals surface area contributed by atoms with Crippen LogP contribution >= 0.6 is 0 Å². The summed E-state index contributed by atoms with van der Waals surface area (Å²) < 4.78 is 0. The van der Waals surface area contributed by atoms with Crippen LogP contribution in [-0.2, 0) is 6.42 Å². The molecule has 0 amide bonds. The van der Waals surface area contributed by atoms with Crippen LogP contribution in [0.15, 0.2) is 42.5 Å². The molecule has 0 bridgehead atoms. The summed E-state index contributed by atoms with van der Waals surface area (Å²) in [4.78, 5) is 2.06. The summed E-state index contributed by atoms with van der Waals surface area (Å²) in [7, 11) is 4.02. The average Bonchev–Trinajstić information content (AvgIpc) is 2.57. The molecule has 1 saturated carbocycles. The maximum Gasteiger partial charge on any atom is 0.0779 e. The minimum absolute atomic E-state index is 0.361. The van der Waals surface area contributed by atoms with E-state index in [1.54, 1.807) is 0 Å². The highest BCUT2D eigenvalue weighted by Crippen LogP contribution is 2.33. The number of aliphatic hydroxyl groups excluding tert-OH is 1. The lowest BCUT2D eigenvalue weighted by molar-refractivity contribution is -0.0270. The van der Waals surface area contributed by atoms with Gasteiger partial charge in [0.15, 0.2) is 0 Å². The Balaban J connectivity index is 1.68. The van der Waals surface area contributed by atoms with E-state index >= 15 is 0 Å². The van der Waals surface area contributed by atoms with Crippen LogP contribution in [0.25, 0.3) is 0 Å². The Kier molecular flexibility index (Phi) is 8.14. The molecule has 140 valence electrons. The molecule has 1 aliphatic rings. The molecule has 25 heavy (non-hydrogen) atoms. The van der Waals surface area contributed by atoms with Crippen molar-refractivity contribution in [2.75, 3.05) is 20.6 Å². The van der Waals surface area contributed by atoms with Gasteiger partial charge in [-0.25, -0.2) is 0 Å². The molecule has 2 rings (SSSR count). The first-order valence-electron chi connectivity index (χ1n) is 9.74. The van der Waals surface area contributed by atoms with Crippen molar-refractivity contribution in [2.45, 2.75) is 63.1 Å². The Morgan fingerprint density at radius 2 is 2.00 bits per heavy atom. The molecule has 0 aliphatic heterocycles. The zero-order chi connectivity index (χ0) is 18.1. The van der Waals surface area contributed by atoms with Crippen molar-refractivity contribution in [1.82, 2.24) is 4.90 Å². The molecule has 3 atom stereocenters. The third kappa shape index (κ3) is 7.72. The van der Waals surface area contributed by atoms with E-state index in [-0.39, 0.29) is 6.10 Å². The van der Waals surface area contributed by atoms with E-state index in [0.29, 0.717) is 5.92 Å². The van der Waals surface area contributed by atoms with Crippen molar-refractivity contribution in [3.05, 3.63) is 48.0 Å². The number of likely N-dealkylation sites (N-methyl/N-ethyl adjacent to an activating group) is 1. The number of allylic oxidation sites excluding steroid dienone is 1. The van der Waals surface area contributed by atoms with Crippen molar-refractivity contribution in [2.24, 2.45) is 5.92 Å². The number of nitrogens with zero attached hydrogens (tertiary/aromatic N) is 1. The predicted octanol–water partition coefficient (Wildman–Crippen LogP) is 3.80. The summed E-state index contributed by atoms with van der Waals surface area (Å²) in [5, 5.41) is 20.9. The fraction of sp³-hybridized carbons (Fsp3) is 0.636. The Labute approximate surface area is 153 Å². The molecule has 0 heterocycles. The first kappa shape index (κ1) is 20.2. The second kappa shape index (κ2) is 10.1. The lowest BCUT2D eigenvalue weighted by Gasteiger charge is -2.37. The van der Waals surface area contributed by atoms with Crippen LogP contribution in [0.4, 0.5) is 0 Å². The van der Waals surface area contributed by atoms with Crippen LogP contribution in [0.1, 0.15) is 50.5 Å². The number of rotatable bonds is 9. The van der Waals surface area contributed by atoms with Gasteiger partial charge in [0.25, 0.3) is 0 Å². The van der Waals surface area contributed by atoms with E-state index in [9.17, 15) is 10.2 Å². The molecule has 3 heteroatoms. The Morgan fingerprint density at radius 1 is 1.24 bits per heavy atom. The summed E-state index contributed by atoms with van der Waals surface area (Å²) in [6, 6.07) is 10.5. The quantitative estimate of drug-likeness (QED) is 0.528. The average molecular weight is 346 g/mol. The highest BCUT2D eigenvalue weighted by atomic mass is 16.3. The smallest absolute Gasteiger partial charge is 0.0779 e. The fourth-order valence-electron chi connectivity index (χ4n) is 3.99. The second-order valence-corrected chi connectivity index (χ2v) is 8.00.